The summed E-state index contributed by atoms with van der Waals surface area (Å²) in [5, 5.41) is 2.97. The van der Waals surface area contributed by atoms with Crippen molar-refractivity contribution < 1.29 is 13.2 Å². The van der Waals surface area contributed by atoms with Crippen LogP contribution >= 0.6 is 0 Å². The fraction of sp³-hybridized carbons (Fsp3) is 0.214. The summed E-state index contributed by atoms with van der Waals surface area (Å²) >= 11 is 0. The molecule has 22 heavy (non-hydrogen) atoms. The van der Waals surface area contributed by atoms with Crippen LogP contribution in [0.15, 0.2) is 36.9 Å². The molecule has 1 aromatic carbocycles. The average Bonchev–Trinajstić information content (AvgIpc) is 2.91. The smallest absolute Gasteiger partial charge is 0.338 e. The number of fused-ring (bicyclic) bond motifs is 1. The molecule has 0 radical (unpaired) electrons. The van der Waals surface area contributed by atoms with Crippen molar-refractivity contribution in [1.82, 2.24) is 19.5 Å². The zero-order valence-electron chi connectivity index (χ0n) is 11.6. The van der Waals surface area contributed by atoms with E-state index in [4.69, 9.17) is 0 Å². The predicted octanol–water partition coefficient (Wildman–Crippen LogP) is 3.61. The van der Waals surface area contributed by atoms with E-state index in [2.05, 4.69) is 20.3 Å². The van der Waals surface area contributed by atoms with Gasteiger partial charge in [-0.2, -0.15) is 13.2 Å². The maximum Gasteiger partial charge on any atom is 0.416 e. The van der Waals surface area contributed by atoms with Crippen molar-refractivity contribution in [2.24, 2.45) is 0 Å². The van der Waals surface area contributed by atoms with Crippen LogP contribution in [0.3, 0.4) is 0 Å². The number of rotatable bonds is 3. The topological polar surface area (TPSA) is 55.6 Å². The van der Waals surface area contributed by atoms with Gasteiger partial charge in [0.15, 0.2) is 17.0 Å². The molecular weight excluding hydrogens is 295 g/mol. The Bertz CT molecular complexity index is 792. The van der Waals surface area contributed by atoms with E-state index in [-0.39, 0.29) is 0 Å². The molecule has 0 bridgehead atoms. The molecule has 0 unspecified atom stereocenters. The Labute approximate surface area is 123 Å². The van der Waals surface area contributed by atoms with Crippen molar-refractivity contribution in [3.8, 4) is 0 Å². The fourth-order valence-corrected chi connectivity index (χ4v) is 2.08. The first-order chi connectivity index (χ1) is 10.5. The summed E-state index contributed by atoms with van der Waals surface area (Å²) in [4.78, 5) is 12.5. The normalized spacial score (nSPS) is 11.8. The zero-order chi connectivity index (χ0) is 15.7. The highest BCUT2D eigenvalue weighted by atomic mass is 19.4. The second kappa shape index (κ2) is 5.28. The van der Waals surface area contributed by atoms with Crippen molar-refractivity contribution in [1.29, 1.82) is 0 Å². The molecule has 8 heteroatoms. The maximum atomic E-state index is 12.5. The largest absolute Gasteiger partial charge is 0.416 e. The molecule has 0 aliphatic heterocycles. The van der Waals surface area contributed by atoms with E-state index in [9.17, 15) is 13.2 Å². The number of hydrogen-bond donors (Lipinski definition) is 1. The van der Waals surface area contributed by atoms with E-state index in [1.54, 1.807) is 6.33 Å². The van der Waals surface area contributed by atoms with E-state index < -0.39 is 11.7 Å². The van der Waals surface area contributed by atoms with Crippen molar-refractivity contribution >= 4 is 22.7 Å². The summed E-state index contributed by atoms with van der Waals surface area (Å²) < 4.78 is 39.5. The summed E-state index contributed by atoms with van der Waals surface area (Å²) in [6, 6.07) is 4.75. The molecule has 2 aromatic heterocycles. The Morgan fingerprint density at radius 1 is 1.09 bits per heavy atom. The predicted molar refractivity (Wildman–Crippen MR) is 75.7 cm³/mol. The number of alkyl halides is 3. The molecule has 0 aliphatic carbocycles. The third-order valence-electron chi connectivity index (χ3n) is 3.22. The summed E-state index contributed by atoms with van der Waals surface area (Å²) in [5.41, 5.74) is 1.05. The van der Waals surface area contributed by atoms with Gasteiger partial charge in [0.1, 0.15) is 6.33 Å². The van der Waals surface area contributed by atoms with E-state index in [0.29, 0.717) is 29.2 Å². The lowest BCUT2D eigenvalue weighted by molar-refractivity contribution is -0.137. The van der Waals surface area contributed by atoms with Gasteiger partial charge in [-0.05, 0) is 31.2 Å². The lowest BCUT2D eigenvalue weighted by Crippen LogP contribution is -2.04. The van der Waals surface area contributed by atoms with Gasteiger partial charge in [-0.1, -0.05) is 0 Å². The van der Waals surface area contributed by atoms with Crippen molar-refractivity contribution in [2.45, 2.75) is 19.6 Å². The Morgan fingerprint density at radius 3 is 2.45 bits per heavy atom. The van der Waals surface area contributed by atoms with Crippen LogP contribution in [0.1, 0.15) is 12.5 Å². The van der Waals surface area contributed by atoms with Gasteiger partial charge < -0.3 is 9.88 Å². The van der Waals surface area contributed by atoms with Crippen molar-refractivity contribution in [3.63, 3.8) is 0 Å². The second-order valence-corrected chi connectivity index (χ2v) is 4.63. The van der Waals surface area contributed by atoms with Crippen LogP contribution in [0, 0.1) is 0 Å². The molecular formula is C14H12F3N5. The maximum absolute atomic E-state index is 12.5. The van der Waals surface area contributed by atoms with E-state index in [1.807, 2.05) is 11.5 Å². The number of imidazole rings is 1. The number of benzene rings is 1. The van der Waals surface area contributed by atoms with Gasteiger partial charge in [-0.25, -0.2) is 15.0 Å². The molecule has 3 aromatic rings. The quantitative estimate of drug-likeness (QED) is 0.803. The minimum Gasteiger partial charge on any atom is -0.338 e. The summed E-state index contributed by atoms with van der Waals surface area (Å²) in [6.07, 6.45) is -1.31. The number of aromatic nitrogens is 4. The van der Waals surface area contributed by atoms with E-state index in [1.165, 1.54) is 18.5 Å². The minimum absolute atomic E-state index is 0.456. The standard InChI is InChI=1S/C14H12F3N5/c1-2-22-8-20-11-12(18-7-19-13(11)22)21-10-5-3-9(4-6-10)14(15,16)17/h3-8H,2H2,1H3,(H,18,19,21). The van der Waals surface area contributed by atoms with Crippen molar-refractivity contribution in [2.75, 3.05) is 5.32 Å². The molecule has 0 saturated heterocycles. The molecule has 2 heterocycles. The van der Waals surface area contributed by atoms with Crippen molar-refractivity contribution in [3.05, 3.63) is 42.5 Å². The molecule has 3 rings (SSSR count). The van der Waals surface area contributed by atoms with Gasteiger partial charge in [0.25, 0.3) is 0 Å². The van der Waals surface area contributed by atoms with Crippen LogP contribution in [-0.4, -0.2) is 19.5 Å². The Kier molecular flexibility index (Phi) is 3.44. The molecule has 0 amide bonds. The third-order valence-corrected chi connectivity index (χ3v) is 3.22. The summed E-state index contributed by atoms with van der Waals surface area (Å²) in [6.45, 7) is 2.68. The third kappa shape index (κ3) is 2.59. The monoisotopic (exact) mass is 307 g/mol. The van der Waals surface area contributed by atoms with Gasteiger partial charge in [-0.15, -0.1) is 0 Å². The van der Waals surface area contributed by atoms with Crippen LogP contribution < -0.4 is 5.32 Å². The van der Waals surface area contributed by atoms with Gasteiger partial charge in [0, 0.05) is 12.2 Å². The highest BCUT2D eigenvalue weighted by Crippen LogP contribution is 2.30. The number of nitrogens with one attached hydrogen (secondary N) is 1. The lowest BCUT2D eigenvalue weighted by Gasteiger charge is -2.09. The number of hydrogen-bond acceptors (Lipinski definition) is 4. The van der Waals surface area contributed by atoms with Crippen LogP contribution in [0.2, 0.25) is 0 Å². The summed E-state index contributed by atoms with van der Waals surface area (Å²) in [7, 11) is 0. The highest BCUT2D eigenvalue weighted by molar-refractivity contribution is 5.85. The van der Waals surface area contributed by atoms with E-state index >= 15 is 0 Å². The Hall–Kier alpha value is -2.64. The number of halogens is 3. The van der Waals surface area contributed by atoms with Gasteiger partial charge in [-0.3, -0.25) is 0 Å². The first-order valence-corrected chi connectivity index (χ1v) is 6.59. The van der Waals surface area contributed by atoms with Crippen LogP contribution in [0.4, 0.5) is 24.7 Å². The lowest BCUT2D eigenvalue weighted by atomic mass is 10.2. The number of nitrogens with zero attached hydrogens (tertiary/aromatic N) is 4. The average molecular weight is 307 g/mol. The fourth-order valence-electron chi connectivity index (χ4n) is 2.08. The Morgan fingerprint density at radius 2 is 1.82 bits per heavy atom. The van der Waals surface area contributed by atoms with Crippen LogP contribution in [-0.2, 0) is 12.7 Å². The van der Waals surface area contributed by atoms with Crippen LogP contribution in [0.25, 0.3) is 11.2 Å². The molecule has 114 valence electrons. The molecule has 0 fully saturated rings. The van der Waals surface area contributed by atoms with Gasteiger partial charge >= 0.3 is 6.18 Å². The molecule has 0 spiro atoms. The second-order valence-electron chi connectivity index (χ2n) is 4.63. The van der Waals surface area contributed by atoms with Gasteiger partial charge in [0.2, 0.25) is 0 Å². The Balaban J connectivity index is 1.92. The minimum atomic E-state index is -4.35. The van der Waals surface area contributed by atoms with E-state index in [0.717, 1.165) is 12.1 Å². The first-order valence-electron chi connectivity index (χ1n) is 6.59. The number of aryl methyl sites for hydroxylation is 1. The first kappa shape index (κ1) is 14.3. The highest BCUT2D eigenvalue weighted by Gasteiger charge is 2.29. The molecule has 0 atom stereocenters. The SMILES string of the molecule is CCn1cnc2c(Nc3ccc(C(F)(F)F)cc3)ncnc21. The molecule has 0 saturated carbocycles. The molecule has 5 nitrogen and oxygen atoms in total. The molecule has 0 aliphatic rings. The molecule has 1 N–H and O–H groups in total. The summed E-state index contributed by atoms with van der Waals surface area (Å²) in [5.74, 6) is 0.456. The van der Waals surface area contributed by atoms with Crippen LogP contribution in [0.5, 0.6) is 0 Å². The number of anilines is 2. The zero-order valence-corrected chi connectivity index (χ0v) is 11.6. The van der Waals surface area contributed by atoms with Gasteiger partial charge in [0.05, 0.1) is 11.9 Å².